The van der Waals surface area contributed by atoms with E-state index in [2.05, 4.69) is 4.98 Å². The fourth-order valence-corrected chi connectivity index (χ4v) is 1.93. The topological polar surface area (TPSA) is 67.3 Å². The number of aromatic nitrogens is 1. The zero-order valence-electron chi connectivity index (χ0n) is 6.81. The van der Waals surface area contributed by atoms with E-state index in [1.807, 2.05) is 0 Å². The molecular formula is C7H8ClNO3S. The average molecular weight is 222 g/mol. The SMILES string of the molecule is CC(Cl)c1ccncc1S(=O)(=O)O. The summed E-state index contributed by atoms with van der Waals surface area (Å²) in [4.78, 5) is 3.36. The van der Waals surface area contributed by atoms with Gasteiger partial charge in [0, 0.05) is 12.4 Å². The maximum absolute atomic E-state index is 10.8. The molecule has 1 aromatic heterocycles. The zero-order valence-corrected chi connectivity index (χ0v) is 8.38. The highest BCUT2D eigenvalue weighted by molar-refractivity contribution is 7.85. The van der Waals surface area contributed by atoms with Gasteiger partial charge in [-0.3, -0.25) is 9.54 Å². The smallest absolute Gasteiger partial charge is 0.282 e. The van der Waals surface area contributed by atoms with Gasteiger partial charge in [-0.2, -0.15) is 8.42 Å². The summed E-state index contributed by atoms with van der Waals surface area (Å²) in [5, 5.41) is -0.486. The Labute approximate surface area is 81.3 Å². The molecular weight excluding hydrogens is 214 g/mol. The van der Waals surface area contributed by atoms with Crippen LogP contribution in [-0.4, -0.2) is 18.0 Å². The van der Waals surface area contributed by atoms with Crippen molar-refractivity contribution in [1.29, 1.82) is 0 Å². The summed E-state index contributed by atoms with van der Waals surface area (Å²) in [5.41, 5.74) is 0.346. The van der Waals surface area contributed by atoms with Gasteiger partial charge in [-0.15, -0.1) is 11.6 Å². The summed E-state index contributed by atoms with van der Waals surface area (Å²) in [6.45, 7) is 1.62. The summed E-state index contributed by atoms with van der Waals surface area (Å²) in [6, 6.07) is 1.46. The molecule has 0 fully saturated rings. The Hall–Kier alpha value is -0.650. The summed E-state index contributed by atoms with van der Waals surface area (Å²) < 4.78 is 30.4. The third-order valence-corrected chi connectivity index (χ3v) is 2.65. The largest absolute Gasteiger partial charge is 0.296 e. The van der Waals surface area contributed by atoms with Crippen molar-refractivity contribution in [1.82, 2.24) is 4.98 Å². The average Bonchev–Trinajstić information content (AvgIpc) is 2.03. The molecule has 0 spiro atoms. The van der Waals surface area contributed by atoms with E-state index in [1.54, 1.807) is 6.92 Å². The second-order valence-corrected chi connectivity index (χ2v) is 4.55. The van der Waals surface area contributed by atoms with Crippen molar-refractivity contribution in [3.63, 3.8) is 0 Å². The second kappa shape index (κ2) is 3.61. The molecule has 0 saturated heterocycles. The van der Waals surface area contributed by atoms with E-state index in [4.69, 9.17) is 16.2 Å². The Morgan fingerprint density at radius 2 is 2.23 bits per heavy atom. The standard InChI is InChI=1S/C7H8ClNO3S/c1-5(8)6-2-3-9-4-7(6)13(10,11)12/h2-5H,1H3,(H,10,11,12). The zero-order chi connectivity index (χ0) is 10.1. The van der Waals surface area contributed by atoms with E-state index in [-0.39, 0.29) is 4.90 Å². The lowest BCUT2D eigenvalue weighted by Gasteiger charge is -2.06. The molecule has 0 radical (unpaired) electrons. The minimum absolute atomic E-state index is 0.238. The molecule has 1 aromatic rings. The minimum Gasteiger partial charge on any atom is -0.282 e. The first kappa shape index (κ1) is 10.4. The molecule has 0 saturated carbocycles. The molecule has 0 aromatic carbocycles. The predicted octanol–water partition coefficient (Wildman–Crippen LogP) is 1.63. The van der Waals surface area contributed by atoms with Crippen LogP contribution in [0.1, 0.15) is 17.9 Å². The Morgan fingerprint density at radius 3 is 2.62 bits per heavy atom. The van der Waals surface area contributed by atoms with Gasteiger partial charge < -0.3 is 0 Å². The molecule has 0 aliphatic rings. The van der Waals surface area contributed by atoms with Crippen LogP contribution < -0.4 is 0 Å². The number of alkyl halides is 1. The molecule has 13 heavy (non-hydrogen) atoms. The number of halogens is 1. The number of hydrogen-bond donors (Lipinski definition) is 1. The van der Waals surface area contributed by atoms with Crippen LogP contribution in [0.3, 0.4) is 0 Å². The third kappa shape index (κ3) is 2.40. The van der Waals surface area contributed by atoms with Crippen LogP contribution in [-0.2, 0) is 10.1 Å². The highest BCUT2D eigenvalue weighted by Crippen LogP contribution is 2.25. The van der Waals surface area contributed by atoms with Crippen LogP contribution in [0.25, 0.3) is 0 Å². The monoisotopic (exact) mass is 221 g/mol. The quantitative estimate of drug-likeness (QED) is 0.609. The van der Waals surface area contributed by atoms with Crippen molar-refractivity contribution >= 4 is 21.7 Å². The van der Waals surface area contributed by atoms with Gasteiger partial charge in [0.15, 0.2) is 0 Å². The molecule has 6 heteroatoms. The van der Waals surface area contributed by atoms with Gasteiger partial charge in [0.1, 0.15) is 4.90 Å². The molecule has 4 nitrogen and oxygen atoms in total. The number of pyridine rings is 1. The molecule has 0 aliphatic carbocycles. The highest BCUT2D eigenvalue weighted by Gasteiger charge is 2.17. The lowest BCUT2D eigenvalue weighted by atomic mass is 10.2. The van der Waals surface area contributed by atoms with Crippen molar-refractivity contribution in [2.45, 2.75) is 17.2 Å². The molecule has 1 rings (SSSR count). The first-order chi connectivity index (χ1) is 5.93. The van der Waals surface area contributed by atoms with Crippen molar-refractivity contribution in [2.75, 3.05) is 0 Å². The molecule has 0 bridgehead atoms. The maximum Gasteiger partial charge on any atom is 0.296 e. The van der Waals surface area contributed by atoms with Gasteiger partial charge in [-0.25, -0.2) is 0 Å². The third-order valence-electron chi connectivity index (χ3n) is 1.52. The van der Waals surface area contributed by atoms with Crippen LogP contribution in [0.4, 0.5) is 0 Å². The Morgan fingerprint density at radius 1 is 1.62 bits per heavy atom. The van der Waals surface area contributed by atoms with Gasteiger partial charge in [0.2, 0.25) is 0 Å². The van der Waals surface area contributed by atoms with Gasteiger partial charge in [0.05, 0.1) is 5.38 Å². The summed E-state index contributed by atoms with van der Waals surface area (Å²) in [6.07, 6.45) is 2.49. The molecule has 72 valence electrons. The summed E-state index contributed by atoms with van der Waals surface area (Å²) in [5.74, 6) is 0. The normalized spacial score (nSPS) is 14.1. The Bertz CT molecular complexity index is 402. The highest BCUT2D eigenvalue weighted by atomic mass is 35.5. The van der Waals surface area contributed by atoms with Crippen LogP contribution in [0.5, 0.6) is 0 Å². The van der Waals surface area contributed by atoms with Gasteiger partial charge in [-0.05, 0) is 18.6 Å². The lowest BCUT2D eigenvalue weighted by Crippen LogP contribution is -2.04. The van der Waals surface area contributed by atoms with Crippen LogP contribution >= 0.6 is 11.6 Å². The number of rotatable bonds is 2. The van der Waals surface area contributed by atoms with Crippen molar-refractivity contribution in [3.05, 3.63) is 24.0 Å². The minimum atomic E-state index is -4.23. The van der Waals surface area contributed by atoms with Crippen molar-refractivity contribution < 1.29 is 13.0 Å². The predicted molar refractivity (Wildman–Crippen MR) is 48.3 cm³/mol. The van der Waals surface area contributed by atoms with E-state index < -0.39 is 15.5 Å². The fourth-order valence-electron chi connectivity index (χ4n) is 0.935. The van der Waals surface area contributed by atoms with Crippen LogP contribution in [0, 0.1) is 0 Å². The number of hydrogen-bond acceptors (Lipinski definition) is 3. The molecule has 1 unspecified atom stereocenters. The van der Waals surface area contributed by atoms with Gasteiger partial charge in [-0.1, -0.05) is 0 Å². The first-order valence-corrected chi connectivity index (χ1v) is 5.36. The van der Waals surface area contributed by atoms with Crippen LogP contribution in [0.15, 0.2) is 23.4 Å². The van der Waals surface area contributed by atoms with E-state index in [9.17, 15) is 8.42 Å². The van der Waals surface area contributed by atoms with Crippen molar-refractivity contribution in [3.8, 4) is 0 Å². The van der Waals surface area contributed by atoms with Crippen LogP contribution in [0.2, 0.25) is 0 Å². The van der Waals surface area contributed by atoms with E-state index >= 15 is 0 Å². The molecule has 0 amide bonds. The lowest BCUT2D eigenvalue weighted by molar-refractivity contribution is 0.481. The molecule has 1 heterocycles. The maximum atomic E-state index is 10.8. The molecule has 0 aliphatic heterocycles. The van der Waals surface area contributed by atoms with E-state index in [0.29, 0.717) is 5.56 Å². The fraction of sp³-hybridized carbons (Fsp3) is 0.286. The summed E-state index contributed by atoms with van der Waals surface area (Å²) >= 11 is 5.71. The first-order valence-electron chi connectivity index (χ1n) is 3.48. The van der Waals surface area contributed by atoms with Crippen molar-refractivity contribution in [2.24, 2.45) is 0 Å². The van der Waals surface area contributed by atoms with Gasteiger partial charge >= 0.3 is 0 Å². The molecule has 1 N–H and O–H groups in total. The Kier molecular flexibility index (Phi) is 2.90. The number of nitrogens with zero attached hydrogens (tertiary/aromatic N) is 1. The molecule has 1 atom stereocenters. The second-order valence-electron chi connectivity index (χ2n) is 2.50. The van der Waals surface area contributed by atoms with E-state index in [1.165, 1.54) is 12.3 Å². The van der Waals surface area contributed by atoms with Gasteiger partial charge in [0.25, 0.3) is 10.1 Å². The Balaban J connectivity index is 3.37. The summed E-state index contributed by atoms with van der Waals surface area (Å²) in [7, 11) is -4.23. The van der Waals surface area contributed by atoms with E-state index in [0.717, 1.165) is 6.20 Å².